The van der Waals surface area contributed by atoms with Gasteiger partial charge in [-0.05, 0) is 61.8 Å². The first kappa shape index (κ1) is 23.7. The summed E-state index contributed by atoms with van der Waals surface area (Å²) in [6.45, 7) is 8.90. The van der Waals surface area contributed by atoms with Gasteiger partial charge in [0, 0.05) is 30.4 Å². The van der Waals surface area contributed by atoms with Crippen LogP contribution in [0.25, 0.3) is 16.9 Å². The minimum Gasteiger partial charge on any atom is -0.333 e. The number of nitrogens with one attached hydrogen (secondary N) is 1. The molecule has 3 aromatic rings. The Balaban J connectivity index is 1.60. The number of hydrogen-bond donors (Lipinski definition) is 1. The molecular formula is C28H34N4O2. The molecule has 1 aliphatic rings. The van der Waals surface area contributed by atoms with Gasteiger partial charge in [-0.1, -0.05) is 50.2 Å². The molecule has 1 aromatic heterocycles. The molecule has 0 saturated heterocycles. The van der Waals surface area contributed by atoms with E-state index in [2.05, 4.69) is 31.3 Å². The van der Waals surface area contributed by atoms with E-state index in [9.17, 15) is 9.59 Å². The fraction of sp³-hybridized carbons (Fsp3) is 0.393. The van der Waals surface area contributed by atoms with Crippen molar-refractivity contribution in [3.63, 3.8) is 0 Å². The van der Waals surface area contributed by atoms with Gasteiger partial charge in [0.25, 0.3) is 0 Å². The Labute approximate surface area is 202 Å². The molecule has 1 saturated carbocycles. The van der Waals surface area contributed by atoms with Crippen molar-refractivity contribution in [2.24, 2.45) is 11.8 Å². The molecule has 0 aliphatic heterocycles. The third kappa shape index (κ3) is 5.93. The summed E-state index contributed by atoms with van der Waals surface area (Å²) in [5, 5.41) is 2.98. The van der Waals surface area contributed by atoms with Crippen molar-refractivity contribution in [2.45, 2.75) is 47.0 Å². The molecule has 6 nitrogen and oxygen atoms in total. The zero-order chi connectivity index (χ0) is 24.2. The van der Waals surface area contributed by atoms with E-state index in [0.717, 1.165) is 29.8 Å². The molecule has 1 aliphatic carbocycles. The SMILES string of the molecule is Cc1ccc(-n2cc(-c3ccccc3)nc2NC(=O)CN(CC2CC2)C(=O)CC(C)C)cc1C. The first-order chi connectivity index (χ1) is 16.3. The highest BCUT2D eigenvalue weighted by atomic mass is 16.2. The number of carbonyl (C=O) groups is 2. The van der Waals surface area contributed by atoms with Gasteiger partial charge >= 0.3 is 0 Å². The first-order valence-electron chi connectivity index (χ1n) is 12.1. The van der Waals surface area contributed by atoms with Gasteiger partial charge in [0.1, 0.15) is 0 Å². The van der Waals surface area contributed by atoms with Crippen molar-refractivity contribution in [3.8, 4) is 16.9 Å². The number of rotatable bonds is 9. The van der Waals surface area contributed by atoms with Crippen LogP contribution in [-0.2, 0) is 9.59 Å². The lowest BCUT2D eigenvalue weighted by atomic mass is 10.1. The molecule has 0 spiro atoms. The van der Waals surface area contributed by atoms with Crippen molar-refractivity contribution >= 4 is 17.8 Å². The van der Waals surface area contributed by atoms with Gasteiger partial charge in [-0.3, -0.25) is 19.5 Å². The van der Waals surface area contributed by atoms with Crippen LogP contribution in [-0.4, -0.2) is 39.4 Å². The van der Waals surface area contributed by atoms with Crippen LogP contribution in [0.4, 0.5) is 5.95 Å². The average molecular weight is 459 g/mol. The summed E-state index contributed by atoms with van der Waals surface area (Å²) < 4.78 is 1.91. The summed E-state index contributed by atoms with van der Waals surface area (Å²) in [5.41, 5.74) is 5.05. The highest BCUT2D eigenvalue weighted by Crippen LogP contribution is 2.30. The summed E-state index contributed by atoms with van der Waals surface area (Å²) in [7, 11) is 0. The quantitative estimate of drug-likeness (QED) is 0.468. The number of amides is 2. The monoisotopic (exact) mass is 458 g/mol. The molecular weight excluding hydrogens is 424 g/mol. The van der Waals surface area contributed by atoms with E-state index < -0.39 is 0 Å². The summed E-state index contributed by atoms with van der Waals surface area (Å²) in [6.07, 6.45) is 4.66. The summed E-state index contributed by atoms with van der Waals surface area (Å²) in [4.78, 5) is 32.4. The standard InChI is InChI=1S/C28H34N4O2/c1-19(2)14-27(34)31(16-22-11-12-22)18-26(33)30-28-29-25(23-8-6-5-7-9-23)17-32(28)24-13-10-20(3)21(4)15-24/h5-10,13,15,17,19,22H,11-12,14,16,18H2,1-4H3,(H,29,30,33). The zero-order valence-corrected chi connectivity index (χ0v) is 20.5. The van der Waals surface area contributed by atoms with E-state index in [1.54, 1.807) is 4.90 Å². The molecule has 6 heteroatoms. The van der Waals surface area contributed by atoms with E-state index >= 15 is 0 Å². The van der Waals surface area contributed by atoms with Crippen LogP contribution in [0.15, 0.2) is 54.7 Å². The molecule has 2 amide bonds. The molecule has 1 fully saturated rings. The second-order valence-corrected chi connectivity index (χ2v) is 9.82. The topological polar surface area (TPSA) is 67.2 Å². The molecule has 34 heavy (non-hydrogen) atoms. The second-order valence-electron chi connectivity index (χ2n) is 9.82. The predicted octanol–water partition coefficient (Wildman–Crippen LogP) is 5.38. The Morgan fingerprint density at radius 1 is 1.09 bits per heavy atom. The van der Waals surface area contributed by atoms with Crippen LogP contribution in [0.2, 0.25) is 0 Å². The van der Waals surface area contributed by atoms with Crippen LogP contribution < -0.4 is 5.32 Å². The van der Waals surface area contributed by atoms with Crippen molar-refractivity contribution in [3.05, 3.63) is 65.9 Å². The smallest absolute Gasteiger partial charge is 0.246 e. The Morgan fingerprint density at radius 2 is 1.82 bits per heavy atom. The van der Waals surface area contributed by atoms with Gasteiger partial charge < -0.3 is 4.90 Å². The molecule has 178 valence electrons. The van der Waals surface area contributed by atoms with Gasteiger partial charge in [0.2, 0.25) is 17.8 Å². The van der Waals surface area contributed by atoms with Crippen LogP contribution in [0.1, 0.15) is 44.2 Å². The van der Waals surface area contributed by atoms with Crippen LogP contribution in [0, 0.1) is 25.7 Å². The van der Waals surface area contributed by atoms with Crippen molar-refractivity contribution < 1.29 is 9.59 Å². The van der Waals surface area contributed by atoms with Gasteiger partial charge in [0.15, 0.2) is 0 Å². The van der Waals surface area contributed by atoms with Gasteiger partial charge in [-0.2, -0.15) is 0 Å². The lowest BCUT2D eigenvalue weighted by Gasteiger charge is -2.23. The molecule has 2 aromatic carbocycles. The fourth-order valence-electron chi connectivity index (χ4n) is 3.97. The predicted molar refractivity (Wildman–Crippen MR) is 136 cm³/mol. The largest absolute Gasteiger partial charge is 0.333 e. The maximum absolute atomic E-state index is 13.1. The normalized spacial score (nSPS) is 13.2. The Morgan fingerprint density at radius 3 is 2.47 bits per heavy atom. The first-order valence-corrected chi connectivity index (χ1v) is 12.1. The Hall–Kier alpha value is -3.41. The third-order valence-electron chi connectivity index (χ3n) is 6.24. The van der Waals surface area contributed by atoms with Crippen LogP contribution in [0.3, 0.4) is 0 Å². The molecule has 0 atom stereocenters. The molecule has 0 unspecified atom stereocenters. The number of anilines is 1. The van der Waals surface area contributed by atoms with E-state index in [4.69, 9.17) is 4.98 Å². The van der Waals surface area contributed by atoms with Crippen molar-refractivity contribution in [2.75, 3.05) is 18.4 Å². The molecule has 0 bridgehead atoms. The Kier molecular flexibility index (Phi) is 7.15. The van der Waals surface area contributed by atoms with Gasteiger partial charge in [-0.15, -0.1) is 0 Å². The average Bonchev–Trinajstić information content (AvgIpc) is 3.52. The molecule has 4 rings (SSSR count). The number of nitrogens with zero attached hydrogens (tertiary/aromatic N) is 3. The highest BCUT2D eigenvalue weighted by Gasteiger charge is 2.28. The lowest BCUT2D eigenvalue weighted by molar-refractivity contribution is -0.135. The number of aromatic nitrogens is 2. The number of carbonyl (C=O) groups excluding carboxylic acids is 2. The molecule has 0 radical (unpaired) electrons. The zero-order valence-electron chi connectivity index (χ0n) is 20.5. The molecule has 1 heterocycles. The van der Waals surface area contributed by atoms with Crippen molar-refractivity contribution in [1.29, 1.82) is 0 Å². The molecule has 1 N–H and O–H groups in total. The number of imidazole rings is 1. The van der Waals surface area contributed by atoms with E-state index in [1.807, 2.05) is 61.0 Å². The maximum atomic E-state index is 13.1. The van der Waals surface area contributed by atoms with E-state index in [1.165, 1.54) is 11.1 Å². The van der Waals surface area contributed by atoms with Gasteiger partial charge in [-0.25, -0.2) is 4.98 Å². The summed E-state index contributed by atoms with van der Waals surface area (Å²) in [6, 6.07) is 16.1. The highest BCUT2D eigenvalue weighted by molar-refractivity contribution is 5.94. The summed E-state index contributed by atoms with van der Waals surface area (Å²) in [5.74, 6) is 1.04. The van der Waals surface area contributed by atoms with Crippen LogP contribution >= 0.6 is 0 Å². The minimum absolute atomic E-state index is 0.0412. The van der Waals surface area contributed by atoms with Crippen LogP contribution in [0.5, 0.6) is 0 Å². The number of benzene rings is 2. The number of hydrogen-bond acceptors (Lipinski definition) is 3. The summed E-state index contributed by atoms with van der Waals surface area (Å²) >= 11 is 0. The third-order valence-corrected chi connectivity index (χ3v) is 6.24. The van der Waals surface area contributed by atoms with Gasteiger partial charge in [0.05, 0.1) is 12.2 Å². The minimum atomic E-state index is -0.229. The van der Waals surface area contributed by atoms with E-state index in [0.29, 0.717) is 24.8 Å². The number of aryl methyl sites for hydroxylation is 2. The van der Waals surface area contributed by atoms with E-state index in [-0.39, 0.29) is 24.3 Å². The van der Waals surface area contributed by atoms with Crippen molar-refractivity contribution in [1.82, 2.24) is 14.5 Å². The fourth-order valence-corrected chi connectivity index (χ4v) is 3.97. The lowest BCUT2D eigenvalue weighted by Crippen LogP contribution is -2.40. The Bertz CT molecular complexity index is 1160. The second kappa shape index (κ2) is 10.2. The maximum Gasteiger partial charge on any atom is 0.246 e.